The molecule has 102 valence electrons. The molecule has 0 radical (unpaired) electrons. The fraction of sp³-hybridized carbons (Fsp3) is 0.385. The number of nitrogens with zero attached hydrogens (tertiary/aromatic N) is 1. The van der Waals surface area contributed by atoms with Gasteiger partial charge in [0.1, 0.15) is 11.9 Å². The van der Waals surface area contributed by atoms with Crippen LogP contribution in [0.2, 0.25) is 0 Å². The fourth-order valence-electron chi connectivity index (χ4n) is 1.36. The molecule has 0 spiro atoms. The zero-order chi connectivity index (χ0) is 14.4. The first-order valence-electron chi connectivity index (χ1n) is 5.86. The van der Waals surface area contributed by atoms with Crippen molar-refractivity contribution in [1.29, 1.82) is 5.26 Å². The molecule has 0 aliphatic heterocycles. The molecule has 3 N–H and O–H groups in total. The monoisotopic (exact) mass is 265 g/mol. The van der Waals surface area contributed by atoms with Gasteiger partial charge in [-0.1, -0.05) is 6.92 Å². The van der Waals surface area contributed by atoms with Crippen LogP contribution in [0.25, 0.3) is 0 Å². The second kappa shape index (κ2) is 6.71. The van der Waals surface area contributed by atoms with Crippen LogP contribution in [0.3, 0.4) is 0 Å². The van der Waals surface area contributed by atoms with Crippen molar-refractivity contribution in [2.45, 2.75) is 19.9 Å². The highest BCUT2D eigenvalue weighted by atomic mass is 19.1. The van der Waals surface area contributed by atoms with Gasteiger partial charge in [-0.25, -0.2) is 9.18 Å². The molecule has 0 heterocycles. The minimum Gasteiger partial charge on any atom is -0.396 e. The molecule has 0 aliphatic rings. The minimum absolute atomic E-state index is 0.0312. The molecule has 0 saturated heterocycles. The molecule has 0 aliphatic carbocycles. The van der Waals surface area contributed by atoms with Gasteiger partial charge in [0.05, 0.1) is 5.56 Å². The van der Waals surface area contributed by atoms with Crippen LogP contribution >= 0.6 is 0 Å². The molecular weight excluding hydrogens is 249 g/mol. The summed E-state index contributed by atoms with van der Waals surface area (Å²) >= 11 is 0. The number of nitriles is 1. The predicted octanol–water partition coefficient (Wildman–Crippen LogP) is 1.84. The predicted molar refractivity (Wildman–Crippen MR) is 69.0 cm³/mol. The van der Waals surface area contributed by atoms with Crippen molar-refractivity contribution in [3.8, 4) is 6.07 Å². The fourth-order valence-corrected chi connectivity index (χ4v) is 1.36. The Morgan fingerprint density at radius 1 is 1.53 bits per heavy atom. The van der Waals surface area contributed by atoms with Gasteiger partial charge in [0.15, 0.2) is 0 Å². The number of aliphatic hydroxyl groups is 1. The van der Waals surface area contributed by atoms with Gasteiger partial charge in [0.25, 0.3) is 0 Å². The van der Waals surface area contributed by atoms with Crippen LogP contribution in [-0.2, 0) is 0 Å². The van der Waals surface area contributed by atoms with Crippen molar-refractivity contribution >= 4 is 11.7 Å². The zero-order valence-corrected chi connectivity index (χ0v) is 10.8. The molecule has 5 nitrogen and oxygen atoms in total. The quantitative estimate of drug-likeness (QED) is 0.776. The van der Waals surface area contributed by atoms with Crippen LogP contribution in [-0.4, -0.2) is 23.8 Å². The molecule has 0 bridgehead atoms. The molecule has 2 unspecified atom stereocenters. The first-order valence-corrected chi connectivity index (χ1v) is 5.86. The average molecular weight is 265 g/mol. The van der Waals surface area contributed by atoms with E-state index in [1.165, 1.54) is 12.1 Å². The van der Waals surface area contributed by atoms with Crippen molar-refractivity contribution in [2.24, 2.45) is 5.92 Å². The summed E-state index contributed by atoms with van der Waals surface area (Å²) in [7, 11) is 0. The van der Waals surface area contributed by atoms with Gasteiger partial charge in [-0.3, -0.25) is 0 Å². The summed E-state index contributed by atoms with van der Waals surface area (Å²) in [5.41, 5.74) is 0.203. The number of hydrogen-bond acceptors (Lipinski definition) is 3. The Morgan fingerprint density at radius 2 is 2.21 bits per heavy atom. The zero-order valence-electron chi connectivity index (χ0n) is 10.8. The van der Waals surface area contributed by atoms with Gasteiger partial charge in [-0.2, -0.15) is 5.26 Å². The molecule has 2 amide bonds. The van der Waals surface area contributed by atoms with Crippen LogP contribution < -0.4 is 10.6 Å². The van der Waals surface area contributed by atoms with Crippen LogP contribution in [0.4, 0.5) is 14.9 Å². The highest BCUT2D eigenvalue weighted by Gasteiger charge is 2.14. The van der Waals surface area contributed by atoms with Crippen molar-refractivity contribution < 1.29 is 14.3 Å². The lowest BCUT2D eigenvalue weighted by molar-refractivity contribution is 0.204. The first kappa shape index (κ1) is 14.9. The van der Waals surface area contributed by atoms with E-state index in [1.807, 2.05) is 0 Å². The maximum Gasteiger partial charge on any atom is 0.319 e. The number of nitrogens with one attached hydrogen (secondary N) is 2. The first-order chi connectivity index (χ1) is 8.97. The lowest BCUT2D eigenvalue weighted by Gasteiger charge is -2.19. The second-order valence-electron chi connectivity index (χ2n) is 4.35. The van der Waals surface area contributed by atoms with Gasteiger partial charge < -0.3 is 15.7 Å². The number of anilines is 1. The smallest absolute Gasteiger partial charge is 0.319 e. The van der Waals surface area contributed by atoms with E-state index in [0.29, 0.717) is 5.69 Å². The Balaban J connectivity index is 2.65. The van der Waals surface area contributed by atoms with Crippen molar-refractivity contribution in [2.75, 3.05) is 11.9 Å². The maximum absolute atomic E-state index is 13.1. The highest BCUT2D eigenvalue weighted by Crippen LogP contribution is 2.13. The van der Waals surface area contributed by atoms with E-state index >= 15 is 0 Å². The number of hydrogen-bond donors (Lipinski definition) is 3. The number of carbonyl (C=O) groups excluding carboxylic acids is 1. The van der Waals surface area contributed by atoms with Gasteiger partial charge in [-0.05, 0) is 31.0 Å². The molecule has 19 heavy (non-hydrogen) atoms. The largest absolute Gasteiger partial charge is 0.396 e. The Hall–Kier alpha value is -2.13. The second-order valence-corrected chi connectivity index (χ2v) is 4.35. The normalized spacial score (nSPS) is 13.2. The van der Waals surface area contributed by atoms with Crippen molar-refractivity contribution in [1.82, 2.24) is 5.32 Å². The number of aliphatic hydroxyl groups excluding tert-OH is 1. The lowest BCUT2D eigenvalue weighted by atomic mass is 10.1. The molecule has 0 aromatic heterocycles. The van der Waals surface area contributed by atoms with Crippen LogP contribution in [0.15, 0.2) is 18.2 Å². The molecule has 2 atom stereocenters. The number of rotatable bonds is 4. The molecule has 0 saturated carbocycles. The van der Waals surface area contributed by atoms with E-state index in [1.54, 1.807) is 19.9 Å². The molecular formula is C13H16FN3O2. The Labute approximate surface area is 111 Å². The highest BCUT2D eigenvalue weighted by molar-refractivity contribution is 5.89. The average Bonchev–Trinajstić information content (AvgIpc) is 2.39. The maximum atomic E-state index is 13.1. The van der Waals surface area contributed by atoms with Crippen molar-refractivity contribution in [3.05, 3.63) is 29.6 Å². The summed E-state index contributed by atoms with van der Waals surface area (Å²) < 4.78 is 13.1. The number of amides is 2. The Morgan fingerprint density at radius 3 is 2.79 bits per heavy atom. The topological polar surface area (TPSA) is 85.2 Å². The summed E-state index contributed by atoms with van der Waals surface area (Å²) in [6.07, 6.45) is 0. The van der Waals surface area contributed by atoms with E-state index in [0.717, 1.165) is 6.07 Å². The van der Waals surface area contributed by atoms with Crippen LogP contribution in [0.5, 0.6) is 0 Å². The summed E-state index contributed by atoms with van der Waals surface area (Å²) in [4.78, 5) is 11.6. The van der Waals surface area contributed by atoms with Gasteiger partial charge in [0.2, 0.25) is 0 Å². The third-order valence-corrected chi connectivity index (χ3v) is 2.84. The lowest BCUT2D eigenvalue weighted by Crippen LogP contribution is -2.40. The van der Waals surface area contributed by atoms with E-state index in [-0.39, 0.29) is 24.1 Å². The standard InChI is InChI=1S/C13H16FN3O2/c1-8(7-18)9(2)16-13(19)17-11-3-4-12(14)10(5-11)6-15/h3-5,8-9,18H,7H2,1-2H3,(H2,16,17,19). The SMILES string of the molecule is CC(CO)C(C)NC(=O)Nc1ccc(F)c(C#N)c1. The van der Waals surface area contributed by atoms with E-state index < -0.39 is 11.8 Å². The third kappa shape index (κ3) is 4.23. The molecule has 1 aromatic carbocycles. The van der Waals surface area contributed by atoms with Crippen molar-refractivity contribution in [3.63, 3.8) is 0 Å². The number of urea groups is 1. The van der Waals surface area contributed by atoms with Crippen LogP contribution in [0.1, 0.15) is 19.4 Å². The number of benzene rings is 1. The van der Waals surface area contributed by atoms with Crippen LogP contribution in [0, 0.1) is 23.1 Å². The summed E-state index contributed by atoms with van der Waals surface area (Å²) in [5, 5.41) is 22.8. The minimum atomic E-state index is -0.629. The van der Waals surface area contributed by atoms with Gasteiger partial charge in [-0.15, -0.1) is 0 Å². The summed E-state index contributed by atoms with van der Waals surface area (Å²) in [6, 6.07) is 4.77. The summed E-state index contributed by atoms with van der Waals surface area (Å²) in [5.74, 6) is -0.704. The molecule has 6 heteroatoms. The van der Waals surface area contributed by atoms with Gasteiger partial charge in [0, 0.05) is 18.3 Å². The Bertz CT molecular complexity index is 499. The Kier molecular flexibility index (Phi) is 5.27. The van der Waals surface area contributed by atoms with E-state index in [9.17, 15) is 9.18 Å². The third-order valence-electron chi connectivity index (χ3n) is 2.84. The van der Waals surface area contributed by atoms with E-state index in [2.05, 4.69) is 10.6 Å². The van der Waals surface area contributed by atoms with Gasteiger partial charge >= 0.3 is 6.03 Å². The molecule has 0 fully saturated rings. The number of halogens is 1. The summed E-state index contributed by atoms with van der Waals surface area (Å²) in [6.45, 7) is 3.54. The molecule has 1 rings (SSSR count). The number of carbonyl (C=O) groups is 1. The molecule has 1 aromatic rings. The van der Waals surface area contributed by atoms with E-state index in [4.69, 9.17) is 10.4 Å².